The molecule has 0 heterocycles. The highest BCUT2D eigenvalue weighted by Gasteiger charge is 2.11. The van der Waals surface area contributed by atoms with Gasteiger partial charge in [0.2, 0.25) is 0 Å². The van der Waals surface area contributed by atoms with E-state index >= 15 is 0 Å². The maximum atomic E-state index is 10.7. The third-order valence-electron chi connectivity index (χ3n) is 2.50. The maximum Gasteiger partial charge on any atom is 0.270 e. The van der Waals surface area contributed by atoms with Crippen LogP contribution >= 0.6 is 38.5 Å². The van der Waals surface area contributed by atoms with Crippen LogP contribution in [0.1, 0.15) is 5.56 Å². The quantitative estimate of drug-likeness (QED) is 0.386. The van der Waals surface area contributed by atoms with Crippen molar-refractivity contribution in [3.63, 3.8) is 0 Å². The second kappa shape index (κ2) is 5.87. The van der Waals surface area contributed by atoms with Crippen molar-refractivity contribution in [3.05, 3.63) is 60.1 Å². The molecule has 0 radical (unpaired) electrons. The van der Waals surface area contributed by atoms with Crippen molar-refractivity contribution in [2.45, 2.75) is 6.92 Å². The summed E-state index contributed by atoms with van der Waals surface area (Å²) in [5.74, 6) is 1.33. The van der Waals surface area contributed by atoms with Gasteiger partial charge in [-0.1, -0.05) is 22.0 Å². The Labute approximate surface area is 132 Å². The third kappa shape index (κ3) is 3.44. The number of nitro benzene ring substituents is 1. The molecule has 19 heavy (non-hydrogen) atoms. The summed E-state index contributed by atoms with van der Waals surface area (Å²) in [4.78, 5) is 10.3. The summed E-state index contributed by atoms with van der Waals surface area (Å²) in [6, 6.07) is 10.3. The van der Waals surface area contributed by atoms with Gasteiger partial charge in [0.15, 0.2) is 0 Å². The van der Waals surface area contributed by atoms with Crippen molar-refractivity contribution >= 4 is 44.2 Å². The smallest absolute Gasteiger partial charge is 0.270 e. The average molecular weight is 434 g/mol. The SMILES string of the molecule is Cc1ccc(Br)cc1Oc1ccc([N+](=O)[O-])cc1I. The first kappa shape index (κ1) is 14.3. The molecule has 0 fully saturated rings. The molecular weight excluding hydrogens is 425 g/mol. The van der Waals surface area contributed by atoms with Crippen molar-refractivity contribution in [1.82, 2.24) is 0 Å². The Balaban J connectivity index is 2.33. The molecule has 0 unspecified atom stereocenters. The first-order valence-corrected chi connectivity index (χ1v) is 7.22. The van der Waals surface area contributed by atoms with Crippen LogP contribution < -0.4 is 4.74 Å². The summed E-state index contributed by atoms with van der Waals surface area (Å²) in [7, 11) is 0. The average Bonchev–Trinajstić information content (AvgIpc) is 2.36. The summed E-state index contributed by atoms with van der Waals surface area (Å²) in [5.41, 5.74) is 1.06. The Morgan fingerprint density at radius 1 is 1.21 bits per heavy atom. The Hall–Kier alpha value is -1.15. The van der Waals surface area contributed by atoms with E-state index in [0.717, 1.165) is 15.8 Å². The normalized spacial score (nSPS) is 10.3. The fraction of sp³-hybridized carbons (Fsp3) is 0.0769. The monoisotopic (exact) mass is 433 g/mol. The Morgan fingerprint density at radius 3 is 2.58 bits per heavy atom. The van der Waals surface area contributed by atoms with E-state index in [2.05, 4.69) is 15.9 Å². The molecule has 98 valence electrons. The molecule has 2 aromatic rings. The van der Waals surface area contributed by atoms with Crippen LogP contribution in [0.4, 0.5) is 5.69 Å². The van der Waals surface area contributed by atoms with E-state index < -0.39 is 4.92 Å². The van der Waals surface area contributed by atoms with E-state index in [1.165, 1.54) is 12.1 Å². The van der Waals surface area contributed by atoms with Gasteiger partial charge < -0.3 is 4.74 Å². The number of halogens is 2. The van der Waals surface area contributed by atoms with Gasteiger partial charge >= 0.3 is 0 Å². The Morgan fingerprint density at radius 2 is 1.95 bits per heavy atom. The molecule has 0 saturated carbocycles. The second-order valence-corrected chi connectivity index (χ2v) is 5.96. The molecule has 0 aliphatic heterocycles. The second-order valence-electron chi connectivity index (χ2n) is 3.88. The first-order chi connectivity index (χ1) is 8.97. The van der Waals surface area contributed by atoms with E-state index in [-0.39, 0.29) is 5.69 Å². The topological polar surface area (TPSA) is 52.4 Å². The maximum absolute atomic E-state index is 10.7. The number of benzene rings is 2. The molecule has 0 aromatic heterocycles. The number of nitrogens with zero attached hydrogens (tertiary/aromatic N) is 1. The van der Waals surface area contributed by atoms with Crippen LogP contribution in [0.3, 0.4) is 0 Å². The first-order valence-electron chi connectivity index (χ1n) is 5.35. The van der Waals surface area contributed by atoms with E-state index in [1.54, 1.807) is 6.07 Å². The summed E-state index contributed by atoms with van der Waals surface area (Å²) >= 11 is 5.41. The molecule has 2 rings (SSSR count). The van der Waals surface area contributed by atoms with Crippen LogP contribution in [0, 0.1) is 20.6 Å². The lowest BCUT2D eigenvalue weighted by atomic mass is 10.2. The lowest BCUT2D eigenvalue weighted by molar-refractivity contribution is -0.385. The lowest BCUT2D eigenvalue weighted by Gasteiger charge is -2.10. The summed E-state index contributed by atoms with van der Waals surface area (Å²) < 4.78 is 7.42. The van der Waals surface area contributed by atoms with Crippen molar-refractivity contribution < 1.29 is 9.66 Å². The van der Waals surface area contributed by atoms with Crippen LogP contribution in [0.2, 0.25) is 0 Å². The molecule has 0 atom stereocenters. The molecule has 0 aliphatic rings. The number of rotatable bonds is 3. The van der Waals surface area contributed by atoms with E-state index in [1.807, 2.05) is 47.7 Å². The van der Waals surface area contributed by atoms with E-state index in [0.29, 0.717) is 9.32 Å². The predicted molar refractivity (Wildman–Crippen MR) is 84.8 cm³/mol. The molecule has 4 nitrogen and oxygen atoms in total. The van der Waals surface area contributed by atoms with E-state index in [9.17, 15) is 10.1 Å². The fourth-order valence-electron chi connectivity index (χ4n) is 1.49. The molecular formula is C13H9BrINO3. The zero-order valence-corrected chi connectivity index (χ0v) is 13.6. The van der Waals surface area contributed by atoms with Gasteiger partial charge in [-0.25, -0.2) is 0 Å². The van der Waals surface area contributed by atoms with Crippen LogP contribution in [0.15, 0.2) is 40.9 Å². The van der Waals surface area contributed by atoms with Gasteiger partial charge in [-0.15, -0.1) is 0 Å². The van der Waals surface area contributed by atoms with Crippen LogP contribution in [-0.4, -0.2) is 4.92 Å². The van der Waals surface area contributed by atoms with Gasteiger partial charge in [0, 0.05) is 16.6 Å². The number of hydrogen-bond acceptors (Lipinski definition) is 3. The Kier molecular flexibility index (Phi) is 4.41. The van der Waals surface area contributed by atoms with Gasteiger partial charge in [0.1, 0.15) is 11.5 Å². The molecule has 0 aliphatic carbocycles. The third-order valence-corrected chi connectivity index (χ3v) is 3.83. The molecule has 2 aromatic carbocycles. The molecule has 6 heteroatoms. The summed E-state index contributed by atoms with van der Waals surface area (Å²) in [6.45, 7) is 1.94. The molecule has 0 N–H and O–H groups in total. The van der Waals surface area contributed by atoms with Crippen LogP contribution in [0.25, 0.3) is 0 Å². The molecule has 0 amide bonds. The zero-order valence-electron chi connectivity index (χ0n) is 9.89. The predicted octanol–water partition coefficient (Wildman–Crippen LogP) is 5.06. The lowest BCUT2D eigenvalue weighted by Crippen LogP contribution is -1.93. The van der Waals surface area contributed by atoms with Gasteiger partial charge in [0.25, 0.3) is 5.69 Å². The highest BCUT2D eigenvalue weighted by atomic mass is 127. The van der Waals surface area contributed by atoms with Crippen LogP contribution in [-0.2, 0) is 0 Å². The van der Waals surface area contributed by atoms with Crippen molar-refractivity contribution in [2.24, 2.45) is 0 Å². The highest BCUT2D eigenvalue weighted by molar-refractivity contribution is 14.1. The van der Waals surface area contributed by atoms with Gasteiger partial charge in [-0.05, 0) is 53.3 Å². The number of non-ortho nitro benzene ring substituents is 1. The van der Waals surface area contributed by atoms with E-state index in [4.69, 9.17) is 4.74 Å². The zero-order chi connectivity index (χ0) is 14.0. The van der Waals surface area contributed by atoms with Gasteiger partial charge in [0.05, 0.1) is 8.49 Å². The number of aryl methyl sites for hydroxylation is 1. The minimum absolute atomic E-state index is 0.0581. The van der Waals surface area contributed by atoms with Gasteiger partial charge in [-0.3, -0.25) is 10.1 Å². The highest BCUT2D eigenvalue weighted by Crippen LogP contribution is 2.32. The van der Waals surface area contributed by atoms with Gasteiger partial charge in [-0.2, -0.15) is 0 Å². The summed E-state index contributed by atoms with van der Waals surface area (Å²) in [6.07, 6.45) is 0. The minimum Gasteiger partial charge on any atom is -0.456 e. The summed E-state index contributed by atoms with van der Waals surface area (Å²) in [5, 5.41) is 10.7. The molecule has 0 spiro atoms. The number of hydrogen-bond donors (Lipinski definition) is 0. The molecule has 0 saturated heterocycles. The van der Waals surface area contributed by atoms with Crippen molar-refractivity contribution in [3.8, 4) is 11.5 Å². The molecule has 0 bridgehead atoms. The minimum atomic E-state index is -0.420. The number of ether oxygens (including phenoxy) is 1. The Bertz CT molecular complexity index is 646. The standard InChI is InChI=1S/C13H9BrINO3/c1-8-2-3-9(14)6-13(8)19-12-5-4-10(16(17)18)7-11(12)15/h2-7H,1H3. The van der Waals surface area contributed by atoms with Crippen molar-refractivity contribution in [1.29, 1.82) is 0 Å². The van der Waals surface area contributed by atoms with Crippen LogP contribution in [0.5, 0.6) is 11.5 Å². The largest absolute Gasteiger partial charge is 0.456 e. The fourth-order valence-corrected chi connectivity index (χ4v) is 2.44. The van der Waals surface area contributed by atoms with Crippen molar-refractivity contribution in [2.75, 3.05) is 0 Å². The number of nitro groups is 1.